The van der Waals surface area contributed by atoms with Gasteiger partial charge in [0.05, 0.1) is 17.7 Å². The van der Waals surface area contributed by atoms with Gasteiger partial charge in [-0.1, -0.05) is 24.3 Å². The number of aliphatic hydroxyl groups is 2. The number of allylic oxidation sites excluding steroid dienone is 4. The van der Waals surface area contributed by atoms with Gasteiger partial charge in [-0.25, -0.2) is 4.98 Å². The number of primary amides is 1. The van der Waals surface area contributed by atoms with Crippen molar-refractivity contribution in [3.05, 3.63) is 54.3 Å². The van der Waals surface area contributed by atoms with E-state index in [0.29, 0.717) is 11.3 Å². The maximum Gasteiger partial charge on any atom is 0.226 e. The normalized spacial score (nSPS) is 16.3. The second-order valence-corrected chi connectivity index (χ2v) is 5.52. The number of nitrogens with zero attached hydrogens (tertiary/aromatic N) is 1. The van der Waals surface area contributed by atoms with E-state index in [1.54, 1.807) is 45.1 Å². The molecule has 120 valence electrons. The van der Waals surface area contributed by atoms with Crippen LogP contribution in [0.1, 0.15) is 32.6 Å². The van der Waals surface area contributed by atoms with Crippen molar-refractivity contribution in [2.24, 2.45) is 11.1 Å². The molecule has 0 spiro atoms. The number of hydrogen-bond donors (Lipinski definition) is 3. The molecule has 0 unspecified atom stereocenters. The third kappa shape index (κ3) is 4.68. The SMILES string of the molecule is CC(=CC=CC=C[C@H](O)c1cnco1)[C@H](O)C(C)(C)C(N)=O. The Balaban J connectivity index is 2.61. The number of amides is 1. The lowest BCUT2D eigenvalue weighted by molar-refractivity contribution is -0.130. The molecule has 0 saturated carbocycles. The van der Waals surface area contributed by atoms with Crippen LogP contribution < -0.4 is 5.73 Å². The molecule has 0 aliphatic carbocycles. The summed E-state index contributed by atoms with van der Waals surface area (Å²) in [5.41, 5.74) is 4.85. The summed E-state index contributed by atoms with van der Waals surface area (Å²) in [6, 6.07) is 0. The van der Waals surface area contributed by atoms with E-state index >= 15 is 0 Å². The maximum atomic E-state index is 11.3. The summed E-state index contributed by atoms with van der Waals surface area (Å²) in [4.78, 5) is 15.0. The number of aromatic nitrogens is 1. The zero-order chi connectivity index (χ0) is 16.8. The lowest BCUT2D eigenvalue weighted by atomic mass is 9.82. The van der Waals surface area contributed by atoms with Crippen LogP contribution in [-0.2, 0) is 4.79 Å². The fraction of sp³-hybridized carbons (Fsp3) is 0.375. The summed E-state index contributed by atoms with van der Waals surface area (Å²) in [7, 11) is 0. The standard InChI is InChI=1S/C16H22N2O4/c1-11(14(20)16(2,3)15(17)21)7-5-4-6-8-12(19)13-9-18-10-22-13/h4-10,12,14,19-20H,1-3H3,(H2,17,21)/t12-,14-/m0/s1. The molecule has 6 heteroatoms. The number of oxazole rings is 1. The van der Waals surface area contributed by atoms with Crippen LogP contribution in [0.3, 0.4) is 0 Å². The van der Waals surface area contributed by atoms with Crippen LogP contribution in [0.4, 0.5) is 0 Å². The molecule has 0 radical (unpaired) electrons. The van der Waals surface area contributed by atoms with Gasteiger partial charge in [0.25, 0.3) is 0 Å². The Bertz CT molecular complexity index is 571. The number of rotatable bonds is 7. The summed E-state index contributed by atoms with van der Waals surface area (Å²) in [6.45, 7) is 4.90. The highest BCUT2D eigenvalue weighted by atomic mass is 16.4. The Labute approximate surface area is 129 Å². The Morgan fingerprint density at radius 1 is 1.36 bits per heavy atom. The minimum atomic E-state index is -1.03. The molecule has 0 aliphatic rings. The Hall–Kier alpha value is -2.18. The first kappa shape index (κ1) is 17.9. The van der Waals surface area contributed by atoms with Gasteiger partial charge in [0.15, 0.2) is 12.2 Å². The lowest BCUT2D eigenvalue weighted by Crippen LogP contribution is -2.42. The Morgan fingerprint density at radius 3 is 2.59 bits per heavy atom. The van der Waals surface area contributed by atoms with E-state index in [4.69, 9.17) is 10.2 Å². The first-order chi connectivity index (χ1) is 10.3. The number of carbonyl (C=O) groups excluding carboxylic acids is 1. The molecule has 2 atom stereocenters. The molecule has 1 amide bonds. The number of nitrogens with two attached hydrogens (primary N) is 1. The van der Waals surface area contributed by atoms with E-state index in [2.05, 4.69) is 4.98 Å². The molecule has 0 bridgehead atoms. The average Bonchev–Trinajstić information content (AvgIpc) is 2.99. The van der Waals surface area contributed by atoms with E-state index in [-0.39, 0.29) is 0 Å². The van der Waals surface area contributed by atoms with Gasteiger partial charge in [-0.15, -0.1) is 0 Å². The molecule has 0 fully saturated rings. The second-order valence-electron chi connectivity index (χ2n) is 5.52. The van der Waals surface area contributed by atoms with E-state index in [1.807, 2.05) is 0 Å². The number of carbonyl (C=O) groups is 1. The first-order valence-electron chi connectivity index (χ1n) is 6.83. The summed E-state index contributed by atoms with van der Waals surface area (Å²) in [5.74, 6) is -0.207. The van der Waals surface area contributed by atoms with Crippen molar-refractivity contribution in [3.63, 3.8) is 0 Å². The molecule has 0 aromatic carbocycles. The van der Waals surface area contributed by atoms with Crippen molar-refractivity contribution in [2.45, 2.75) is 33.0 Å². The maximum absolute atomic E-state index is 11.3. The largest absolute Gasteiger partial charge is 0.445 e. The van der Waals surface area contributed by atoms with Crippen LogP contribution in [0.25, 0.3) is 0 Å². The minimum absolute atomic E-state index is 0.356. The molecule has 1 aromatic heterocycles. The Morgan fingerprint density at radius 2 is 2.05 bits per heavy atom. The quantitative estimate of drug-likeness (QED) is 0.663. The molecule has 0 aliphatic heterocycles. The summed E-state index contributed by atoms with van der Waals surface area (Å²) < 4.78 is 4.96. The summed E-state index contributed by atoms with van der Waals surface area (Å²) >= 11 is 0. The van der Waals surface area contributed by atoms with Crippen LogP contribution in [0.2, 0.25) is 0 Å². The molecule has 0 saturated heterocycles. The van der Waals surface area contributed by atoms with Crippen LogP contribution in [-0.4, -0.2) is 27.2 Å². The predicted molar refractivity (Wildman–Crippen MR) is 82.5 cm³/mol. The molecule has 1 heterocycles. The predicted octanol–water partition coefficient (Wildman–Crippen LogP) is 1.64. The molecule has 22 heavy (non-hydrogen) atoms. The molecular weight excluding hydrogens is 284 g/mol. The topological polar surface area (TPSA) is 110 Å². The zero-order valence-electron chi connectivity index (χ0n) is 12.9. The fourth-order valence-electron chi connectivity index (χ4n) is 1.70. The third-order valence-electron chi connectivity index (χ3n) is 3.37. The van der Waals surface area contributed by atoms with Crippen molar-refractivity contribution >= 4 is 5.91 Å². The van der Waals surface area contributed by atoms with Crippen molar-refractivity contribution < 1.29 is 19.4 Å². The van der Waals surface area contributed by atoms with E-state index in [0.717, 1.165) is 0 Å². The number of hydrogen-bond acceptors (Lipinski definition) is 5. The first-order valence-corrected chi connectivity index (χ1v) is 6.83. The molecule has 6 nitrogen and oxygen atoms in total. The van der Waals surface area contributed by atoms with Gasteiger partial charge in [-0.3, -0.25) is 4.79 Å². The number of aliphatic hydroxyl groups excluding tert-OH is 2. The van der Waals surface area contributed by atoms with E-state index < -0.39 is 23.5 Å². The van der Waals surface area contributed by atoms with Gasteiger partial charge >= 0.3 is 0 Å². The van der Waals surface area contributed by atoms with Crippen molar-refractivity contribution in [1.29, 1.82) is 0 Å². The van der Waals surface area contributed by atoms with Gasteiger partial charge in [0.2, 0.25) is 5.91 Å². The Kier molecular flexibility index (Phi) is 6.27. The molecular formula is C16H22N2O4. The van der Waals surface area contributed by atoms with Gasteiger partial charge in [0, 0.05) is 0 Å². The van der Waals surface area contributed by atoms with Crippen molar-refractivity contribution in [3.8, 4) is 0 Å². The van der Waals surface area contributed by atoms with Crippen LogP contribution >= 0.6 is 0 Å². The third-order valence-corrected chi connectivity index (χ3v) is 3.37. The second kappa shape index (κ2) is 7.72. The minimum Gasteiger partial charge on any atom is -0.445 e. The van der Waals surface area contributed by atoms with Crippen molar-refractivity contribution in [1.82, 2.24) is 4.98 Å². The zero-order valence-corrected chi connectivity index (χ0v) is 12.9. The monoisotopic (exact) mass is 306 g/mol. The highest BCUT2D eigenvalue weighted by molar-refractivity contribution is 5.81. The highest BCUT2D eigenvalue weighted by Gasteiger charge is 2.34. The fourth-order valence-corrected chi connectivity index (χ4v) is 1.70. The van der Waals surface area contributed by atoms with Gasteiger partial charge in [0.1, 0.15) is 6.10 Å². The van der Waals surface area contributed by atoms with Crippen LogP contribution in [0.15, 0.2) is 53.0 Å². The van der Waals surface area contributed by atoms with Gasteiger partial charge < -0.3 is 20.4 Å². The van der Waals surface area contributed by atoms with Crippen LogP contribution in [0.5, 0.6) is 0 Å². The molecule has 4 N–H and O–H groups in total. The summed E-state index contributed by atoms with van der Waals surface area (Å²) in [6.07, 6.45) is 9.09. The van der Waals surface area contributed by atoms with Crippen LogP contribution in [0, 0.1) is 5.41 Å². The average molecular weight is 306 g/mol. The van der Waals surface area contributed by atoms with Crippen molar-refractivity contribution in [2.75, 3.05) is 0 Å². The highest BCUT2D eigenvalue weighted by Crippen LogP contribution is 2.25. The van der Waals surface area contributed by atoms with Gasteiger partial charge in [-0.2, -0.15) is 0 Å². The molecule has 1 aromatic rings. The smallest absolute Gasteiger partial charge is 0.226 e. The van der Waals surface area contributed by atoms with E-state index in [9.17, 15) is 15.0 Å². The molecule has 1 rings (SSSR count). The van der Waals surface area contributed by atoms with Gasteiger partial charge in [-0.05, 0) is 32.4 Å². The lowest BCUT2D eigenvalue weighted by Gasteiger charge is -2.27. The van der Waals surface area contributed by atoms with E-state index in [1.165, 1.54) is 18.7 Å². The summed E-state index contributed by atoms with van der Waals surface area (Å²) in [5, 5.41) is 19.8.